The topological polar surface area (TPSA) is 12.9 Å². The van der Waals surface area contributed by atoms with Crippen LogP contribution in [0.3, 0.4) is 0 Å². The zero-order chi connectivity index (χ0) is 12.2. The molecule has 1 aliphatic rings. The van der Waals surface area contributed by atoms with Crippen LogP contribution in [0.2, 0.25) is 0 Å². The van der Waals surface area contributed by atoms with Crippen LogP contribution in [0.15, 0.2) is 18.3 Å². The normalized spacial score (nSPS) is 12.5. The molecule has 1 aromatic heterocycles. The van der Waals surface area contributed by atoms with Crippen molar-refractivity contribution in [3.8, 4) is 11.1 Å². The van der Waals surface area contributed by atoms with E-state index in [0.29, 0.717) is 0 Å². The summed E-state index contributed by atoms with van der Waals surface area (Å²) in [6, 6.07) is 4.49. The van der Waals surface area contributed by atoms with E-state index in [2.05, 4.69) is 44.8 Å². The SMILES string of the molecule is Cc1ccc2c(c1C)Cc1ncc(C)c(C)c1-2. The maximum atomic E-state index is 4.61. The van der Waals surface area contributed by atoms with E-state index >= 15 is 0 Å². The molecule has 0 aliphatic heterocycles. The van der Waals surface area contributed by atoms with E-state index in [1.54, 1.807) is 0 Å². The zero-order valence-corrected chi connectivity index (χ0v) is 10.9. The number of aryl methyl sites for hydroxylation is 2. The maximum absolute atomic E-state index is 4.61. The van der Waals surface area contributed by atoms with Crippen molar-refractivity contribution in [3.05, 3.63) is 51.8 Å². The van der Waals surface area contributed by atoms with Crippen LogP contribution >= 0.6 is 0 Å². The highest BCUT2D eigenvalue weighted by molar-refractivity contribution is 5.80. The Hall–Kier alpha value is -1.63. The van der Waals surface area contributed by atoms with Crippen molar-refractivity contribution in [1.29, 1.82) is 0 Å². The van der Waals surface area contributed by atoms with Crippen molar-refractivity contribution < 1.29 is 0 Å². The van der Waals surface area contributed by atoms with E-state index in [4.69, 9.17) is 0 Å². The van der Waals surface area contributed by atoms with Gasteiger partial charge >= 0.3 is 0 Å². The zero-order valence-electron chi connectivity index (χ0n) is 10.9. The summed E-state index contributed by atoms with van der Waals surface area (Å²) < 4.78 is 0. The lowest BCUT2D eigenvalue weighted by Gasteiger charge is -2.09. The largest absolute Gasteiger partial charge is 0.260 e. The van der Waals surface area contributed by atoms with Gasteiger partial charge in [-0.25, -0.2) is 0 Å². The molecule has 1 heteroatoms. The first kappa shape index (κ1) is 10.5. The summed E-state index contributed by atoms with van der Waals surface area (Å²) in [5.74, 6) is 0. The van der Waals surface area contributed by atoms with E-state index in [1.807, 2.05) is 6.20 Å². The Bertz CT molecular complexity index is 624. The lowest BCUT2D eigenvalue weighted by atomic mass is 9.96. The van der Waals surface area contributed by atoms with E-state index in [9.17, 15) is 0 Å². The van der Waals surface area contributed by atoms with Crippen LogP contribution in [0.25, 0.3) is 11.1 Å². The summed E-state index contributed by atoms with van der Waals surface area (Å²) in [5.41, 5.74) is 11.0. The van der Waals surface area contributed by atoms with Gasteiger partial charge < -0.3 is 0 Å². The van der Waals surface area contributed by atoms with Gasteiger partial charge in [-0.15, -0.1) is 0 Å². The fraction of sp³-hybridized carbons (Fsp3) is 0.312. The second-order valence-electron chi connectivity index (χ2n) is 5.10. The molecule has 0 spiro atoms. The summed E-state index contributed by atoms with van der Waals surface area (Å²) in [5, 5.41) is 0. The molecule has 2 aromatic rings. The monoisotopic (exact) mass is 223 g/mol. The minimum absolute atomic E-state index is 0.999. The van der Waals surface area contributed by atoms with E-state index < -0.39 is 0 Å². The molecule has 3 rings (SSSR count). The second-order valence-corrected chi connectivity index (χ2v) is 5.10. The van der Waals surface area contributed by atoms with Gasteiger partial charge in [0.15, 0.2) is 0 Å². The fourth-order valence-corrected chi connectivity index (χ4v) is 2.74. The third kappa shape index (κ3) is 1.35. The van der Waals surface area contributed by atoms with Gasteiger partial charge in [0.1, 0.15) is 0 Å². The summed E-state index contributed by atoms with van der Waals surface area (Å²) in [6.07, 6.45) is 3.00. The lowest BCUT2D eigenvalue weighted by molar-refractivity contribution is 1.08. The molecule has 0 bridgehead atoms. The van der Waals surface area contributed by atoms with Crippen LogP contribution in [0, 0.1) is 27.7 Å². The minimum Gasteiger partial charge on any atom is -0.260 e. The molecule has 0 saturated heterocycles. The molecule has 0 radical (unpaired) electrons. The number of pyridine rings is 1. The van der Waals surface area contributed by atoms with Gasteiger partial charge in [-0.3, -0.25) is 4.98 Å². The first-order valence-corrected chi connectivity index (χ1v) is 6.14. The molecule has 0 fully saturated rings. The van der Waals surface area contributed by atoms with E-state index in [-0.39, 0.29) is 0 Å². The van der Waals surface area contributed by atoms with Crippen molar-refractivity contribution in [2.75, 3.05) is 0 Å². The predicted molar refractivity (Wildman–Crippen MR) is 71.4 cm³/mol. The Kier molecular flexibility index (Phi) is 2.12. The van der Waals surface area contributed by atoms with Crippen molar-refractivity contribution in [2.24, 2.45) is 0 Å². The van der Waals surface area contributed by atoms with Gasteiger partial charge in [0.2, 0.25) is 0 Å². The highest BCUT2D eigenvalue weighted by atomic mass is 14.7. The van der Waals surface area contributed by atoms with Crippen molar-refractivity contribution in [3.63, 3.8) is 0 Å². The molecule has 0 unspecified atom stereocenters. The summed E-state index contributed by atoms with van der Waals surface area (Å²) >= 11 is 0. The number of rotatable bonds is 0. The van der Waals surface area contributed by atoms with Gasteiger partial charge in [-0.2, -0.15) is 0 Å². The third-order valence-corrected chi connectivity index (χ3v) is 4.15. The third-order valence-electron chi connectivity index (χ3n) is 4.15. The highest BCUT2D eigenvalue weighted by Gasteiger charge is 2.23. The number of aromatic nitrogens is 1. The Morgan fingerprint density at radius 3 is 2.47 bits per heavy atom. The van der Waals surface area contributed by atoms with Crippen LogP contribution in [0.4, 0.5) is 0 Å². The van der Waals surface area contributed by atoms with Crippen LogP contribution in [-0.4, -0.2) is 4.98 Å². The number of benzene rings is 1. The molecule has 0 saturated carbocycles. The van der Waals surface area contributed by atoms with Gasteiger partial charge in [0.05, 0.1) is 5.69 Å². The molecular formula is C16H17N. The molecule has 0 atom stereocenters. The van der Waals surface area contributed by atoms with Crippen molar-refractivity contribution in [2.45, 2.75) is 34.1 Å². The molecule has 0 amide bonds. The predicted octanol–water partition coefficient (Wildman–Crippen LogP) is 3.89. The summed E-state index contributed by atoms with van der Waals surface area (Å²) in [7, 11) is 0. The average molecular weight is 223 g/mol. The Morgan fingerprint density at radius 1 is 0.941 bits per heavy atom. The molecule has 86 valence electrons. The average Bonchev–Trinajstić information content (AvgIpc) is 2.69. The lowest BCUT2D eigenvalue weighted by Crippen LogP contribution is -1.92. The standard InChI is InChI=1S/C16H17N/c1-9-5-6-13-14(11(9)3)7-15-16(13)12(4)10(2)8-17-15/h5-6,8H,7H2,1-4H3. The summed E-state index contributed by atoms with van der Waals surface area (Å²) in [6.45, 7) is 8.76. The molecule has 1 nitrogen and oxygen atoms in total. The molecule has 1 aromatic carbocycles. The molecule has 1 aliphatic carbocycles. The number of fused-ring (bicyclic) bond motifs is 3. The van der Waals surface area contributed by atoms with Gasteiger partial charge in [-0.1, -0.05) is 12.1 Å². The minimum atomic E-state index is 0.999. The van der Waals surface area contributed by atoms with E-state index in [1.165, 1.54) is 44.6 Å². The fourth-order valence-electron chi connectivity index (χ4n) is 2.74. The number of hydrogen-bond acceptors (Lipinski definition) is 1. The van der Waals surface area contributed by atoms with Crippen molar-refractivity contribution >= 4 is 0 Å². The van der Waals surface area contributed by atoms with Crippen LogP contribution in [0.5, 0.6) is 0 Å². The van der Waals surface area contributed by atoms with Crippen LogP contribution in [0.1, 0.15) is 33.5 Å². The molecular weight excluding hydrogens is 206 g/mol. The quantitative estimate of drug-likeness (QED) is 0.563. The van der Waals surface area contributed by atoms with Gasteiger partial charge in [-0.05, 0) is 61.1 Å². The smallest absolute Gasteiger partial charge is 0.0528 e. The second kappa shape index (κ2) is 3.43. The van der Waals surface area contributed by atoms with Gasteiger partial charge in [0.25, 0.3) is 0 Å². The van der Waals surface area contributed by atoms with Crippen LogP contribution < -0.4 is 0 Å². The Morgan fingerprint density at radius 2 is 1.71 bits per heavy atom. The Labute approximate surface area is 103 Å². The molecule has 17 heavy (non-hydrogen) atoms. The molecule has 0 N–H and O–H groups in total. The highest BCUT2D eigenvalue weighted by Crippen LogP contribution is 2.40. The number of hydrogen-bond donors (Lipinski definition) is 0. The number of nitrogens with zero attached hydrogens (tertiary/aromatic N) is 1. The van der Waals surface area contributed by atoms with Crippen LogP contribution in [-0.2, 0) is 6.42 Å². The summed E-state index contributed by atoms with van der Waals surface area (Å²) in [4.78, 5) is 4.61. The van der Waals surface area contributed by atoms with E-state index in [0.717, 1.165) is 6.42 Å². The molecule has 1 heterocycles. The Balaban J connectivity index is 2.35. The first-order valence-electron chi connectivity index (χ1n) is 6.14. The first-order chi connectivity index (χ1) is 8.09. The van der Waals surface area contributed by atoms with Crippen molar-refractivity contribution in [1.82, 2.24) is 4.98 Å². The maximum Gasteiger partial charge on any atom is 0.0528 e. The van der Waals surface area contributed by atoms with Gasteiger partial charge in [0, 0.05) is 18.2 Å².